The van der Waals surface area contributed by atoms with Crippen molar-refractivity contribution >= 4 is 26.7 Å². The van der Waals surface area contributed by atoms with Crippen LogP contribution in [0.1, 0.15) is 66.4 Å². The third-order valence-corrected chi connectivity index (χ3v) is 8.75. The first-order valence-electron chi connectivity index (χ1n) is 12.7. The van der Waals surface area contributed by atoms with Crippen LogP contribution in [-0.4, -0.2) is 50.0 Å². The second kappa shape index (κ2) is 9.85. The Bertz CT molecular complexity index is 1530. The number of aryl methyl sites for hydroxylation is 1. The predicted molar refractivity (Wildman–Crippen MR) is 140 cm³/mol. The summed E-state index contributed by atoms with van der Waals surface area (Å²) in [4.78, 5) is 29.1. The van der Waals surface area contributed by atoms with Crippen molar-refractivity contribution in [3.05, 3.63) is 69.1 Å². The van der Waals surface area contributed by atoms with Crippen LogP contribution in [0, 0.1) is 6.92 Å². The molecule has 0 saturated carbocycles. The molecule has 9 heteroatoms. The van der Waals surface area contributed by atoms with Crippen molar-refractivity contribution in [3.63, 3.8) is 0 Å². The van der Waals surface area contributed by atoms with Gasteiger partial charge < -0.3 is 18.8 Å². The molecule has 2 aliphatic heterocycles. The summed E-state index contributed by atoms with van der Waals surface area (Å²) in [5, 5.41) is 0.391. The Morgan fingerprint density at radius 1 is 1.05 bits per heavy atom. The second-order valence-electron chi connectivity index (χ2n) is 9.69. The van der Waals surface area contributed by atoms with Gasteiger partial charge in [0.05, 0.1) is 41.7 Å². The lowest BCUT2D eigenvalue weighted by Gasteiger charge is -2.30. The van der Waals surface area contributed by atoms with E-state index in [-0.39, 0.29) is 28.3 Å². The Hall–Kier alpha value is -3.33. The molecule has 1 saturated heterocycles. The van der Waals surface area contributed by atoms with Crippen LogP contribution in [0.15, 0.2) is 45.6 Å². The highest BCUT2D eigenvalue weighted by Gasteiger charge is 2.48. The lowest BCUT2D eigenvalue weighted by atomic mass is 9.97. The lowest BCUT2D eigenvalue weighted by Crippen LogP contribution is -2.40. The van der Waals surface area contributed by atoms with E-state index in [1.54, 1.807) is 24.3 Å². The van der Waals surface area contributed by atoms with E-state index in [0.29, 0.717) is 47.7 Å². The number of nitrogens with zero attached hydrogens (tertiary/aromatic N) is 1. The van der Waals surface area contributed by atoms with Crippen molar-refractivity contribution < 1.29 is 27.1 Å². The molecule has 3 aromatic rings. The van der Waals surface area contributed by atoms with Crippen molar-refractivity contribution in [1.82, 2.24) is 4.90 Å². The first kappa shape index (κ1) is 25.3. The Balaban J connectivity index is 1.68. The summed E-state index contributed by atoms with van der Waals surface area (Å²) in [6.07, 6.45) is 2.20. The van der Waals surface area contributed by atoms with Crippen molar-refractivity contribution in [2.45, 2.75) is 52.1 Å². The molecule has 1 amide bonds. The van der Waals surface area contributed by atoms with Gasteiger partial charge in [-0.25, -0.2) is 8.42 Å². The summed E-state index contributed by atoms with van der Waals surface area (Å²) in [6.45, 7) is 6.79. The number of hydrogen-bond acceptors (Lipinski definition) is 7. The van der Waals surface area contributed by atoms with Crippen molar-refractivity contribution in [2.24, 2.45) is 0 Å². The Kier molecular flexibility index (Phi) is 6.74. The predicted octanol–water partition coefficient (Wildman–Crippen LogP) is 4.41. The quantitative estimate of drug-likeness (QED) is 0.401. The third-order valence-electron chi connectivity index (χ3n) is 7.00. The van der Waals surface area contributed by atoms with E-state index in [9.17, 15) is 18.0 Å². The van der Waals surface area contributed by atoms with Crippen molar-refractivity contribution in [3.8, 4) is 11.5 Å². The minimum absolute atomic E-state index is 0.00145. The van der Waals surface area contributed by atoms with E-state index in [2.05, 4.69) is 6.92 Å². The third kappa shape index (κ3) is 4.61. The highest BCUT2D eigenvalue weighted by molar-refractivity contribution is 7.91. The Morgan fingerprint density at radius 2 is 1.86 bits per heavy atom. The first-order chi connectivity index (χ1) is 17.7. The number of unbranched alkanes of at least 4 members (excludes halogenated alkanes) is 1. The van der Waals surface area contributed by atoms with Crippen LogP contribution in [0.5, 0.6) is 11.5 Å². The molecular weight excluding hydrogens is 494 g/mol. The van der Waals surface area contributed by atoms with E-state index < -0.39 is 27.8 Å². The summed E-state index contributed by atoms with van der Waals surface area (Å²) < 4.78 is 42.5. The minimum Gasteiger partial charge on any atom is -0.490 e. The molecule has 37 heavy (non-hydrogen) atoms. The maximum atomic E-state index is 13.8. The summed E-state index contributed by atoms with van der Waals surface area (Å²) in [6, 6.07) is 9.28. The number of carbonyl (C=O) groups excluding carboxylic acids is 1. The van der Waals surface area contributed by atoms with Gasteiger partial charge in [0.15, 0.2) is 26.8 Å². The molecule has 1 fully saturated rings. The average Bonchev–Trinajstić information content (AvgIpc) is 3.37. The number of amides is 1. The zero-order chi connectivity index (χ0) is 26.3. The van der Waals surface area contributed by atoms with E-state index in [1.165, 1.54) is 4.90 Å². The van der Waals surface area contributed by atoms with Gasteiger partial charge in [-0.3, -0.25) is 9.59 Å². The fourth-order valence-electron chi connectivity index (χ4n) is 5.21. The van der Waals surface area contributed by atoms with E-state index in [4.69, 9.17) is 13.9 Å². The van der Waals surface area contributed by atoms with Crippen LogP contribution in [0.4, 0.5) is 0 Å². The number of ether oxygens (including phenoxy) is 2. The maximum absolute atomic E-state index is 13.8. The van der Waals surface area contributed by atoms with Crippen LogP contribution in [0.25, 0.3) is 11.0 Å². The van der Waals surface area contributed by atoms with Gasteiger partial charge in [0.1, 0.15) is 5.58 Å². The van der Waals surface area contributed by atoms with Gasteiger partial charge in [-0.15, -0.1) is 0 Å². The van der Waals surface area contributed by atoms with Gasteiger partial charge in [-0.1, -0.05) is 31.0 Å². The van der Waals surface area contributed by atoms with Crippen LogP contribution in [0.2, 0.25) is 0 Å². The Morgan fingerprint density at radius 3 is 2.57 bits per heavy atom. The van der Waals surface area contributed by atoms with E-state index in [1.807, 2.05) is 26.0 Å². The smallest absolute Gasteiger partial charge is 0.291 e. The molecule has 0 bridgehead atoms. The average molecular weight is 526 g/mol. The number of fused-ring (bicyclic) bond motifs is 2. The van der Waals surface area contributed by atoms with E-state index >= 15 is 0 Å². The van der Waals surface area contributed by atoms with Crippen molar-refractivity contribution in [1.29, 1.82) is 0 Å². The molecule has 5 rings (SSSR count). The molecule has 196 valence electrons. The SMILES string of the molecule is CCCCOc1ccc(C2c3c(oc4ccc(C)cc4c3=O)C(=O)N2C2CCS(=O)(=O)C2)cc1OCC. The highest BCUT2D eigenvalue weighted by atomic mass is 32.2. The zero-order valence-electron chi connectivity index (χ0n) is 21.3. The fourth-order valence-corrected chi connectivity index (χ4v) is 6.92. The van der Waals surface area contributed by atoms with Crippen LogP contribution >= 0.6 is 0 Å². The molecule has 2 aromatic carbocycles. The molecule has 0 spiro atoms. The fraction of sp³-hybridized carbons (Fsp3) is 0.429. The number of benzene rings is 2. The summed E-state index contributed by atoms with van der Waals surface area (Å²) in [5.41, 5.74) is 1.81. The molecule has 0 N–H and O–H groups in total. The Labute approximate surface area is 216 Å². The highest BCUT2D eigenvalue weighted by Crippen LogP contribution is 2.43. The minimum atomic E-state index is -3.29. The summed E-state index contributed by atoms with van der Waals surface area (Å²) in [5.74, 6) is 0.449. The summed E-state index contributed by atoms with van der Waals surface area (Å²) >= 11 is 0. The van der Waals surface area contributed by atoms with Crippen LogP contribution in [0.3, 0.4) is 0 Å². The van der Waals surface area contributed by atoms with E-state index in [0.717, 1.165) is 18.4 Å². The first-order valence-corrected chi connectivity index (χ1v) is 14.6. The molecule has 3 heterocycles. The summed E-state index contributed by atoms with van der Waals surface area (Å²) in [7, 11) is -3.29. The number of sulfone groups is 1. The molecule has 0 aliphatic carbocycles. The molecule has 0 radical (unpaired) electrons. The zero-order valence-corrected chi connectivity index (χ0v) is 22.1. The number of rotatable bonds is 8. The molecule has 2 atom stereocenters. The van der Waals surface area contributed by atoms with Gasteiger partial charge in [-0.05, 0) is 56.5 Å². The molecule has 8 nitrogen and oxygen atoms in total. The van der Waals surface area contributed by atoms with Gasteiger partial charge in [0.2, 0.25) is 5.76 Å². The van der Waals surface area contributed by atoms with Gasteiger partial charge >= 0.3 is 0 Å². The number of hydrogen-bond donors (Lipinski definition) is 0. The van der Waals surface area contributed by atoms with Crippen molar-refractivity contribution in [2.75, 3.05) is 24.7 Å². The second-order valence-corrected chi connectivity index (χ2v) is 11.9. The van der Waals surface area contributed by atoms with Crippen LogP contribution in [-0.2, 0) is 9.84 Å². The topological polar surface area (TPSA) is 103 Å². The van der Waals surface area contributed by atoms with Gasteiger partial charge in [-0.2, -0.15) is 0 Å². The largest absolute Gasteiger partial charge is 0.490 e. The number of carbonyl (C=O) groups is 1. The monoisotopic (exact) mass is 525 g/mol. The lowest BCUT2D eigenvalue weighted by molar-refractivity contribution is 0.0662. The standard InChI is InChI=1S/C28H31NO7S/c1-4-6-12-35-22-10-8-18(15-23(22)34-5-2)25-24-26(30)20-14-17(3)7-9-21(20)36-27(24)28(31)29(25)19-11-13-37(32,33)16-19/h7-10,14-15,19,25H,4-6,11-13,16H2,1-3H3. The molecule has 2 unspecified atom stereocenters. The molecular formula is C28H31NO7S. The van der Waals surface area contributed by atoms with Gasteiger partial charge in [0, 0.05) is 6.04 Å². The molecule has 2 aliphatic rings. The van der Waals surface area contributed by atoms with Crippen LogP contribution < -0.4 is 14.9 Å². The maximum Gasteiger partial charge on any atom is 0.291 e. The van der Waals surface area contributed by atoms with Gasteiger partial charge in [0.25, 0.3) is 5.91 Å². The normalized spacial score (nSPS) is 20.4. The molecule has 1 aromatic heterocycles.